The highest BCUT2D eigenvalue weighted by molar-refractivity contribution is 7.92. The topological polar surface area (TPSA) is 75.7 Å². The van der Waals surface area contributed by atoms with Gasteiger partial charge in [0.2, 0.25) is 5.91 Å². The lowest BCUT2D eigenvalue weighted by atomic mass is 9.93. The second-order valence-electron chi connectivity index (χ2n) is 7.42. The van der Waals surface area contributed by atoms with E-state index in [2.05, 4.69) is 4.72 Å². The van der Waals surface area contributed by atoms with Crippen LogP contribution in [-0.4, -0.2) is 27.5 Å². The summed E-state index contributed by atoms with van der Waals surface area (Å²) in [6.45, 7) is 7.62. The van der Waals surface area contributed by atoms with E-state index in [-0.39, 0.29) is 28.7 Å². The van der Waals surface area contributed by atoms with Crippen molar-refractivity contribution in [1.29, 1.82) is 0 Å². The fourth-order valence-electron chi connectivity index (χ4n) is 3.02. The Morgan fingerprint density at radius 3 is 2.57 bits per heavy atom. The lowest BCUT2D eigenvalue weighted by Gasteiger charge is -2.27. The van der Waals surface area contributed by atoms with E-state index in [0.29, 0.717) is 18.0 Å². The molecule has 0 radical (unpaired) electrons. The number of fused-ring (bicyclic) bond motifs is 1. The number of sulfonamides is 1. The summed E-state index contributed by atoms with van der Waals surface area (Å²) in [5.74, 6) is -0.0508. The molecule has 2 aromatic rings. The second-order valence-corrected chi connectivity index (χ2v) is 9.10. The first kappa shape index (κ1) is 20.1. The van der Waals surface area contributed by atoms with Gasteiger partial charge in [-0.25, -0.2) is 12.8 Å². The van der Waals surface area contributed by atoms with Crippen LogP contribution in [0.4, 0.5) is 15.8 Å². The van der Waals surface area contributed by atoms with Crippen LogP contribution in [0.2, 0.25) is 0 Å². The Balaban J connectivity index is 1.97. The molecule has 0 saturated heterocycles. The molecular weight excluding hydrogens is 383 g/mol. The normalized spacial score (nSPS) is 16.2. The largest absolute Gasteiger partial charge is 0.490 e. The molecule has 1 aliphatic rings. The average molecular weight is 406 g/mol. The molecule has 150 valence electrons. The number of amides is 1. The Hall–Kier alpha value is -2.61. The molecule has 0 saturated carbocycles. The van der Waals surface area contributed by atoms with Gasteiger partial charge in [0, 0.05) is 6.54 Å². The van der Waals surface area contributed by atoms with Crippen molar-refractivity contribution in [1.82, 2.24) is 0 Å². The third-order valence-electron chi connectivity index (χ3n) is 4.67. The number of benzene rings is 2. The van der Waals surface area contributed by atoms with Gasteiger partial charge in [-0.1, -0.05) is 0 Å². The van der Waals surface area contributed by atoms with E-state index in [1.165, 1.54) is 19.1 Å². The molecule has 0 atom stereocenters. The zero-order valence-corrected chi connectivity index (χ0v) is 17.1. The molecular formula is C20H23FN2O4S. The lowest BCUT2D eigenvalue weighted by Crippen LogP contribution is -2.42. The van der Waals surface area contributed by atoms with Crippen molar-refractivity contribution in [3.05, 3.63) is 47.8 Å². The van der Waals surface area contributed by atoms with Crippen molar-refractivity contribution in [2.75, 3.05) is 22.8 Å². The van der Waals surface area contributed by atoms with E-state index in [0.717, 1.165) is 6.07 Å². The highest BCUT2D eigenvalue weighted by Gasteiger charge is 2.37. The zero-order valence-electron chi connectivity index (χ0n) is 16.2. The average Bonchev–Trinajstić information content (AvgIpc) is 2.72. The fraction of sp³-hybridized carbons (Fsp3) is 0.350. The van der Waals surface area contributed by atoms with Gasteiger partial charge in [0.05, 0.1) is 21.7 Å². The molecule has 0 bridgehead atoms. The van der Waals surface area contributed by atoms with Crippen molar-refractivity contribution in [2.24, 2.45) is 5.41 Å². The number of anilines is 2. The van der Waals surface area contributed by atoms with Crippen LogP contribution >= 0.6 is 0 Å². The van der Waals surface area contributed by atoms with Gasteiger partial charge >= 0.3 is 0 Å². The Kier molecular flexibility index (Phi) is 5.10. The Morgan fingerprint density at radius 2 is 1.93 bits per heavy atom. The fourth-order valence-corrected chi connectivity index (χ4v) is 4.16. The van der Waals surface area contributed by atoms with Gasteiger partial charge < -0.3 is 9.64 Å². The summed E-state index contributed by atoms with van der Waals surface area (Å²) in [5, 5.41) is 0. The van der Waals surface area contributed by atoms with Crippen LogP contribution in [0.1, 0.15) is 26.3 Å². The van der Waals surface area contributed by atoms with E-state index in [1.54, 1.807) is 23.1 Å². The van der Waals surface area contributed by atoms with E-state index in [1.807, 2.05) is 20.8 Å². The number of aryl methyl sites for hydroxylation is 1. The van der Waals surface area contributed by atoms with Gasteiger partial charge in [0.25, 0.3) is 10.0 Å². The molecule has 1 amide bonds. The predicted octanol–water partition coefficient (Wildman–Crippen LogP) is 3.71. The molecule has 1 N–H and O–H groups in total. The molecule has 1 heterocycles. The first-order valence-electron chi connectivity index (χ1n) is 8.93. The molecule has 1 aliphatic heterocycles. The van der Waals surface area contributed by atoms with Crippen LogP contribution in [0.5, 0.6) is 5.75 Å². The third-order valence-corrected chi connectivity index (χ3v) is 6.05. The Morgan fingerprint density at radius 1 is 1.21 bits per heavy atom. The van der Waals surface area contributed by atoms with Crippen LogP contribution in [0, 0.1) is 18.2 Å². The molecule has 0 unspecified atom stereocenters. The van der Waals surface area contributed by atoms with Crippen LogP contribution in [0.3, 0.4) is 0 Å². The summed E-state index contributed by atoms with van der Waals surface area (Å²) in [6, 6.07) is 8.39. The van der Waals surface area contributed by atoms with E-state index in [4.69, 9.17) is 4.74 Å². The number of nitrogens with one attached hydrogen (secondary N) is 1. The standard InChI is InChI=1S/C20H23FN2O4S/c1-5-23-17-11-14(6-9-18(17)27-12-20(3,4)19(23)24)22-28(25,26)15-7-8-16(21)13(2)10-15/h6-11,22H,5,12H2,1-4H3. The first-order chi connectivity index (χ1) is 13.0. The van der Waals surface area contributed by atoms with Crippen molar-refractivity contribution >= 4 is 27.3 Å². The lowest BCUT2D eigenvalue weighted by molar-refractivity contribution is -0.127. The molecule has 8 heteroatoms. The number of carbonyl (C=O) groups excluding carboxylic acids is 1. The van der Waals surface area contributed by atoms with Gasteiger partial charge in [0.15, 0.2) is 0 Å². The van der Waals surface area contributed by atoms with Crippen molar-refractivity contribution in [3.63, 3.8) is 0 Å². The smallest absolute Gasteiger partial charge is 0.261 e. The summed E-state index contributed by atoms with van der Waals surface area (Å²) in [5.41, 5.74) is 0.340. The van der Waals surface area contributed by atoms with Gasteiger partial charge in [-0.15, -0.1) is 0 Å². The SMILES string of the molecule is CCN1C(=O)C(C)(C)COc2ccc(NS(=O)(=O)c3ccc(F)c(C)c3)cc21. The van der Waals surface area contributed by atoms with Gasteiger partial charge in [-0.3, -0.25) is 9.52 Å². The summed E-state index contributed by atoms with van der Waals surface area (Å²) in [6.07, 6.45) is 0. The highest BCUT2D eigenvalue weighted by atomic mass is 32.2. The first-order valence-corrected chi connectivity index (χ1v) is 10.4. The third kappa shape index (κ3) is 3.69. The van der Waals surface area contributed by atoms with E-state index in [9.17, 15) is 17.6 Å². The highest BCUT2D eigenvalue weighted by Crippen LogP contribution is 2.38. The second kappa shape index (κ2) is 7.09. The maximum absolute atomic E-state index is 13.5. The van der Waals surface area contributed by atoms with Crippen LogP contribution in [0.25, 0.3) is 0 Å². The van der Waals surface area contributed by atoms with E-state index < -0.39 is 21.3 Å². The maximum Gasteiger partial charge on any atom is 0.261 e. The van der Waals surface area contributed by atoms with E-state index >= 15 is 0 Å². The molecule has 28 heavy (non-hydrogen) atoms. The van der Waals surface area contributed by atoms with Crippen LogP contribution in [0.15, 0.2) is 41.3 Å². The Bertz CT molecular complexity index is 1030. The monoisotopic (exact) mass is 406 g/mol. The minimum absolute atomic E-state index is 0.0397. The molecule has 0 aromatic heterocycles. The zero-order chi connectivity index (χ0) is 20.7. The number of ether oxygens (including phenoxy) is 1. The van der Waals surface area contributed by atoms with Gasteiger partial charge in [0.1, 0.15) is 18.2 Å². The van der Waals surface area contributed by atoms with Gasteiger partial charge in [-0.2, -0.15) is 0 Å². The maximum atomic E-state index is 13.5. The summed E-state index contributed by atoms with van der Waals surface area (Å²) >= 11 is 0. The number of rotatable bonds is 4. The van der Waals surface area contributed by atoms with Crippen LogP contribution in [-0.2, 0) is 14.8 Å². The summed E-state index contributed by atoms with van der Waals surface area (Å²) in [4.78, 5) is 14.4. The number of carbonyl (C=O) groups is 1. The molecule has 3 rings (SSSR count). The molecule has 2 aromatic carbocycles. The quantitative estimate of drug-likeness (QED) is 0.840. The molecule has 6 nitrogen and oxygen atoms in total. The minimum Gasteiger partial charge on any atom is -0.490 e. The minimum atomic E-state index is -3.91. The number of hydrogen-bond acceptors (Lipinski definition) is 4. The number of hydrogen-bond donors (Lipinski definition) is 1. The molecule has 0 aliphatic carbocycles. The van der Waals surface area contributed by atoms with Crippen molar-refractivity contribution < 1.29 is 22.3 Å². The van der Waals surface area contributed by atoms with Crippen molar-refractivity contribution in [3.8, 4) is 5.75 Å². The van der Waals surface area contributed by atoms with Crippen molar-refractivity contribution in [2.45, 2.75) is 32.6 Å². The predicted molar refractivity (Wildman–Crippen MR) is 106 cm³/mol. The van der Waals surface area contributed by atoms with Gasteiger partial charge in [-0.05, 0) is 69.7 Å². The summed E-state index contributed by atoms with van der Waals surface area (Å²) in [7, 11) is -3.91. The summed E-state index contributed by atoms with van der Waals surface area (Å²) < 4.78 is 47.1. The number of nitrogens with zero attached hydrogens (tertiary/aromatic N) is 1. The Labute approximate surface area is 164 Å². The van der Waals surface area contributed by atoms with Crippen LogP contribution < -0.4 is 14.4 Å². The molecule has 0 spiro atoms. The molecule has 0 fully saturated rings. The number of halogens is 1.